The predicted octanol–water partition coefficient (Wildman–Crippen LogP) is 2.41. The first kappa shape index (κ1) is 24.9. The lowest BCUT2D eigenvalue weighted by atomic mass is 9.93. The number of carbonyl (C=O) groups excluding carboxylic acids is 1. The molecule has 0 radical (unpaired) electrons. The highest BCUT2D eigenvalue weighted by Crippen LogP contribution is 2.28. The monoisotopic (exact) mass is 506 g/mol. The first-order valence-electron chi connectivity index (χ1n) is 11.4. The zero-order valence-corrected chi connectivity index (χ0v) is 20.2. The van der Waals surface area contributed by atoms with E-state index in [9.17, 15) is 9.59 Å². The first-order valence-corrected chi connectivity index (χ1v) is 11.8. The second-order valence-electron chi connectivity index (χ2n) is 8.65. The Bertz CT molecular complexity index is 1380. The minimum absolute atomic E-state index is 0.0350. The Morgan fingerprint density at radius 2 is 1.78 bits per heavy atom. The van der Waals surface area contributed by atoms with E-state index in [1.54, 1.807) is 48.5 Å². The van der Waals surface area contributed by atoms with Crippen molar-refractivity contribution in [1.29, 1.82) is 10.8 Å². The van der Waals surface area contributed by atoms with Gasteiger partial charge in [0, 0.05) is 29.3 Å². The maximum Gasteiger partial charge on any atom is 0.294 e. The van der Waals surface area contributed by atoms with Gasteiger partial charge in [-0.3, -0.25) is 25.0 Å². The third kappa shape index (κ3) is 5.55. The zero-order valence-electron chi connectivity index (χ0n) is 19.5. The molecule has 1 aliphatic carbocycles. The first-order chi connectivity index (χ1) is 17.2. The topological polar surface area (TPSA) is 176 Å². The van der Waals surface area contributed by atoms with E-state index in [2.05, 4.69) is 15.6 Å². The van der Waals surface area contributed by atoms with Gasteiger partial charge in [-0.1, -0.05) is 54.1 Å². The van der Waals surface area contributed by atoms with Crippen LogP contribution in [0.25, 0.3) is 11.3 Å². The molecule has 10 nitrogen and oxygen atoms in total. The van der Waals surface area contributed by atoms with E-state index in [-0.39, 0.29) is 47.5 Å². The summed E-state index contributed by atoms with van der Waals surface area (Å²) in [7, 11) is 0. The smallest absolute Gasteiger partial charge is 0.294 e. The summed E-state index contributed by atoms with van der Waals surface area (Å²) < 4.78 is 1.30. The lowest BCUT2D eigenvalue weighted by Crippen LogP contribution is -2.37. The molecule has 2 aromatic carbocycles. The van der Waals surface area contributed by atoms with Gasteiger partial charge in [-0.15, -0.1) is 0 Å². The van der Waals surface area contributed by atoms with Crippen LogP contribution in [-0.2, 0) is 17.9 Å². The van der Waals surface area contributed by atoms with E-state index in [0.717, 1.165) is 24.8 Å². The van der Waals surface area contributed by atoms with Crippen molar-refractivity contribution in [2.24, 2.45) is 11.5 Å². The van der Waals surface area contributed by atoms with Gasteiger partial charge in [0.2, 0.25) is 5.91 Å². The molecule has 1 saturated carbocycles. The van der Waals surface area contributed by atoms with Gasteiger partial charge in [0.05, 0.1) is 5.69 Å². The molecule has 186 valence electrons. The van der Waals surface area contributed by atoms with Gasteiger partial charge < -0.3 is 22.1 Å². The predicted molar refractivity (Wildman–Crippen MR) is 141 cm³/mol. The third-order valence-corrected chi connectivity index (χ3v) is 6.34. The van der Waals surface area contributed by atoms with E-state index in [1.165, 1.54) is 4.57 Å². The second-order valence-corrected chi connectivity index (χ2v) is 9.00. The van der Waals surface area contributed by atoms with Crippen LogP contribution in [0.3, 0.4) is 0 Å². The van der Waals surface area contributed by atoms with Gasteiger partial charge in [0.1, 0.15) is 18.2 Å². The Balaban J connectivity index is 1.64. The molecule has 1 amide bonds. The zero-order chi connectivity index (χ0) is 25.8. The number of aromatic nitrogens is 2. The van der Waals surface area contributed by atoms with Gasteiger partial charge >= 0.3 is 0 Å². The molecule has 0 unspecified atom stereocenters. The number of amides is 1. The number of anilines is 1. The Labute approximate surface area is 212 Å². The molecule has 0 atom stereocenters. The summed E-state index contributed by atoms with van der Waals surface area (Å²) in [4.78, 5) is 30.6. The van der Waals surface area contributed by atoms with Crippen molar-refractivity contribution in [3.05, 3.63) is 80.7 Å². The van der Waals surface area contributed by atoms with Crippen LogP contribution in [0.1, 0.15) is 36.0 Å². The maximum atomic E-state index is 13.4. The van der Waals surface area contributed by atoms with Crippen molar-refractivity contribution in [3.63, 3.8) is 0 Å². The summed E-state index contributed by atoms with van der Waals surface area (Å²) in [6.45, 7) is -0.0570. The number of nitrogens with one attached hydrogen (secondary N) is 4. The summed E-state index contributed by atoms with van der Waals surface area (Å²) in [6.07, 6.45) is 2.94. The third-order valence-electron chi connectivity index (χ3n) is 6.07. The van der Waals surface area contributed by atoms with E-state index in [0.29, 0.717) is 16.7 Å². The van der Waals surface area contributed by atoms with Gasteiger partial charge in [-0.25, -0.2) is 4.98 Å². The summed E-state index contributed by atoms with van der Waals surface area (Å²) in [5.74, 6) is -0.462. The Morgan fingerprint density at radius 3 is 2.39 bits per heavy atom. The summed E-state index contributed by atoms with van der Waals surface area (Å²) >= 11 is 6.56. The average Bonchev–Trinajstić information content (AvgIpc) is 2.83. The minimum Gasteiger partial charge on any atom is -0.384 e. The van der Waals surface area contributed by atoms with Crippen molar-refractivity contribution in [1.82, 2.24) is 14.9 Å². The molecule has 11 heteroatoms. The van der Waals surface area contributed by atoms with Gasteiger partial charge in [-0.05, 0) is 30.9 Å². The SMILES string of the molecule is N=C(N)c1ccc(CNC(=O)Cn2c(-c3cccc(C(=N)N)c3)c(Cl)nc(NC3CCC3)c2=O)cc1. The Kier molecular flexibility index (Phi) is 7.35. The fraction of sp³-hybridized carbons (Fsp3) is 0.240. The largest absolute Gasteiger partial charge is 0.384 e. The molecule has 0 bridgehead atoms. The summed E-state index contributed by atoms with van der Waals surface area (Å²) in [5, 5.41) is 21.2. The summed E-state index contributed by atoms with van der Waals surface area (Å²) in [6, 6.07) is 13.8. The van der Waals surface area contributed by atoms with Crippen molar-refractivity contribution >= 4 is 35.0 Å². The molecule has 1 heterocycles. The second kappa shape index (κ2) is 10.6. The normalized spacial score (nSPS) is 13.0. The van der Waals surface area contributed by atoms with Gasteiger partial charge in [0.25, 0.3) is 5.56 Å². The lowest BCUT2D eigenvalue weighted by molar-refractivity contribution is -0.121. The van der Waals surface area contributed by atoms with E-state index < -0.39 is 11.5 Å². The Morgan fingerprint density at radius 1 is 1.08 bits per heavy atom. The molecule has 1 fully saturated rings. The highest BCUT2D eigenvalue weighted by Gasteiger charge is 2.23. The number of hydrogen-bond donors (Lipinski definition) is 6. The number of halogens is 1. The standard InChI is InChI=1S/C25H27ClN8O2/c26-21-20(16-3-1-4-17(11-16)23(29)30)34(25(36)24(33-21)32-18-5-2-6-18)13-19(35)31-12-14-7-9-15(10-8-14)22(27)28/h1,3-4,7-11,18H,2,5-6,12-13H2,(H3,27,28)(H3,29,30)(H,31,35)(H,32,33). The molecule has 1 aliphatic rings. The fourth-order valence-corrected chi connectivity index (χ4v) is 4.14. The number of carbonyl (C=O) groups is 1. The highest BCUT2D eigenvalue weighted by molar-refractivity contribution is 6.32. The number of nitrogens with two attached hydrogens (primary N) is 2. The van der Waals surface area contributed by atoms with Crippen LogP contribution < -0.4 is 27.7 Å². The molecule has 0 spiro atoms. The number of rotatable bonds is 9. The van der Waals surface area contributed by atoms with Crippen molar-refractivity contribution in [2.45, 2.75) is 38.4 Å². The van der Waals surface area contributed by atoms with E-state index in [4.69, 9.17) is 33.9 Å². The molecule has 0 saturated heterocycles. The molecular formula is C25H27ClN8O2. The van der Waals surface area contributed by atoms with Crippen molar-refractivity contribution in [3.8, 4) is 11.3 Å². The van der Waals surface area contributed by atoms with Crippen LogP contribution in [0.15, 0.2) is 53.3 Å². The summed E-state index contributed by atoms with van der Waals surface area (Å²) in [5.41, 5.74) is 13.3. The quantitative estimate of drug-likeness (QED) is 0.192. The lowest BCUT2D eigenvalue weighted by Gasteiger charge is -2.27. The van der Waals surface area contributed by atoms with Gasteiger partial charge in [-0.2, -0.15) is 0 Å². The average molecular weight is 507 g/mol. The van der Waals surface area contributed by atoms with Crippen LogP contribution >= 0.6 is 11.6 Å². The molecule has 1 aromatic heterocycles. The molecule has 36 heavy (non-hydrogen) atoms. The number of nitrogens with zero attached hydrogens (tertiary/aromatic N) is 2. The van der Waals surface area contributed by atoms with Crippen LogP contribution in [0.5, 0.6) is 0 Å². The van der Waals surface area contributed by atoms with Crippen molar-refractivity contribution in [2.75, 3.05) is 5.32 Å². The number of nitrogen functional groups attached to an aromatic ring is 2. The molecular weight excluding hydrogens is 480 g/mol. The van der Waals surface area contributed by atoms with Gasteiger partial charge in [0.15, 0.2) is 11.0 Å². The van der Waals surface area contributed by atoms with Crippen LogP contribution in [0, 0.1) is 10.8 Å². The van der Waals surface area contributed by atoms with E-state index in [1.807, 2.05) is 0 Å². The van der Waals surface area contributed by atoms with Crippen molar-refractivity contribution < 1.29 is 4.79 Å². The van der Waals surface area contributed by atoms with Crippen LogP contribution in [-0.4, -0.2) is 33.2 Å². The fourth-order valence-electron chi connectivity index (χ4n) is 3.84. The molecule has 8 N–H and O–H groups in total. The number of benzene rings is 2. The molecule has 0 aliphatic heterocycles. The number of amidine groups is 2. The minimum atomic E-state index is -0.463. The van der Waals surface area contributed by atoms with Crippen LogP contribution in [0.2, 0.25) is 5.15 Å². The number of hydrogen-bond acceptors (Lipinski definition) is 6. The van der Waals surface area contributed by atoms with E-state index >= 15 is 0 Å². The van der Waals surface area contributed by atoms with Crippen LogP contribution in [0.4, 0.5) is 5.82 Å². The Hall–Kier alpha value is -4.18. The highest BCUT2D eigenvalue weighted by atomic mass is 35.5. The molecule has 4 rings (SSSR count). The molecule has 3 aromatic rings. The maximum absolute atomic E-state index is 13.4.